The summed E-state index contributed by atoms with van der Waals surface area (Å²) in [5.41, 5.74) is 0. The Morgan fingerprint density at radius 1 is 1.36 bits per heavy atom. The fraction of sp³-hybridized carbons (Fsp3) is 1.00. The van der Waals surface area contributed by atoms with Crippen LogP contribution >= 0.6 is 0 Å². The maximum absolute atomic E-state index is 3.17. The molecule has 0 aromatic carbocycles. The van der Waals surface area contributed by atoms with E-state index in [0.717, 1.165) is 5.92 Å². The maximum atomic E-state index is 3.17. The maximum Gasteiger partial charge on any atom is 0 e. The van der Waals surface area contributed by atoms with Crippen LogP contribution in [-0.4, -0.2) is 13.6 Å². The Kier molecular flexibility index (Phi) is 8.03. The summed E-state index contributed by atoms with van der Waals surface area (Å²) in [6.45, 7) is 5.20. The average Bonchev–Trinajstić information content (AvgIpc) is 1.99. The van der Waals surface area contributed by atoms with E-state index < -0.39 is 0 Å². The van der Waals surface area contributed by atoms with E-state index in [4.69, 9.17) is 0 Å². The molecule has 0 aliphatic heterocycles. The number of nitrogens with one attached hydrogen (secondary N) is 1. The number of hydrogen-bond donors (Lipinski definition) is 1. The summed E-state index contributed by atoms with van der Waals surface area (Å²) in [6.07, 6.45) is 7.33. The summed E-state index contributed by atoms with van der Waals surface area (Å²) in [6, 6.07) is 0. The van der Waals surface area contributed by atoms with Gasteiger partial charge in [0.15, 0.2) is 0 Å². The van der Waals surface area contributed by atoms with Gasteiger partial charge in [0, 0.05) is 1.43 Å². The van der Waals surface area contributed by atoms with Crippen LogP contribution in [0.15, 0.2) is 0 Å². The minimum Gasteiger partial charge on any atom is -0.320 e. The monoisotopic (exact) mass is 159 g/mol. The van der Waals surface area contributed by atoms with Gasteiger partial charge in [0.1, 0.15) is 0 Å². The Morgan fingerprint density at radius 2 is 2.00 bits per heavy atom. The van der Waals surface area contributed by atoms with Gasteiger partial charge in [-0.1, -0.05) is 33.1 Å². The summed E-state index contributed by atoms with van der Waals surface area (Å²) in [4.78, 5) is 0. The van der Waals surface area contributed by atoms with Crippen molar-refractivity contribution in [3.8, 4) is 0 Å². The molecule has 0 heterocycles. The van der Waals surface area contributed by atoms with Crippen molar-refractivity contribution in [3.05, 3.63) is 0 Å². The van der Waals surface area contributed by atoms with Crippen LogP contribution in [0.5, 0.6) is 0 Å². The first-order valence-corrected chi connectivity index (χ1v) is 5.08. The molecule has 0 saturated heterocycles. The molecule has 1 nitrogen and oxygen atoms in total. The molecule has 1 heteroatoms. The van der Waals surface area contributed by atoms with Gasteiger partial charge in [0.05, 0.1) is 0 Å². The van der Waals surface area contributed by atoms with Gasteiger partial charge in [-0.3, -0.25) is 0 Å². The molecule has 70 valence electrons. The molecule has 0 amide bonds. The zero-order valence-electron chi connectivity index (χ0n) is 8.32. The highest BCUT2D eigenvalue weighted by Crippen LogP contribution is 2.29. The first-order valence-electron chi connectivity index (χ1n) is 5.08. The SMILES string of the molecule is CC.CNCCCC1CCC1.[HH]. The van der Waals surface area contributed by atoms with E-state index >= 15 is 0 Å². The zero-order chi connectivity index (χ0) is 8.53. The topological polar surface area (TPSA) is 12.0 Å². The zero-order valence-corrected chi connectivity index (χ0v) is 8.32. The molecule has 0 aromatic rings. The second kappa shape index (κ2) is 8.06. The molecule has 0 radical (unpaired) electrons. The third kappa shape index (κ3) is 5.25. The van der Waals surface area contributed by atoms with Crippen LogP contribution in [0, 0.1) is 5.92 Å². The Labute approximate surface area is 73.1 Å². The molecular weight excluding hydrogens is 134 g/mol. The highest BCUT2D eigenvalue weighted by atomic mass is 14.8. The summed E-state index contributed by atoms with van der Waals surface area (Å²) in [5.74, 6) is 1.10. The molecule has 1 aliphatic carbocycles. The van der Waals surface area contributed by atoms with E-state index in [9.17, 15) is 0 Å². The van der Waals surface area contributed by atoms with Gasteiger partial charge in [0.25, 0.3) is 0 Å². The van der Waals surface area contributed by atoms with Crippen molar-refractivity contribution in [2.75, 3.05) is 13.6 Å². The van der Waals surface area contributed by atoms with Gasteiger partial charge in [-0.05, 0) is 32.4 Å². The van der Waals surface area contributed by atoms with Crippen LogP contribution in [0.4, 0.5) is 0 Å². The van der Waals surface area contributed by atoms with Gasteiger partial charge in [-0.15, -0.1) is 0 Å². The van der Waals surface area contributed by atoms with Crippen molar-refractivity contribution in [1.29, 1.82) is 0 Å². The normalized spacial score (nSPS) is 16.6. The molecule has 11 heavy (non-hydrogen) atoms. The molecule has 0 unspecified atom stereocenters. The van der Waals surface area contributed by atoms with Gasteiger partial charge >= 0.3 is 0 Å². The molecule has 1 rings (SSSR count). The molecular formula is C10H25N. The average molecular weight is 159 g/mol. The Morgan fingerprint density at radius 3 is 2.36 bits per heavy atom. The van der Waals surface area contributed by atoms with E-state index in [1.165, 1.54) is 38.6 Å². The van der Waals surface area contributed by atoms with Crippen LogP contribution in [0.2, 0.25) is 0 Å². The van der Waals surface area contributed by atoms with E-state index in [1.807, 2.05) is 20.9 Å². The summed E-state index contributed by atoms with van der Waals surface area (Å²) in [5, 5.41) is 3.17. The van der Waals surface area contributed by atoms with Gasteiger partial charge in [-0.25, -0.2) is 0 Å². The van der Waals surface area contributed by atoms with Gasteiger partial charge in [-0.2, -0.15) is 0 Å². The molecule has 0 atom stereocenters. The van der Waals surface area contributed by atoms with E-state index in [2.05, 4.69) is 5.32 Å². The minimum atomic E-state index is 0. The predicted molar refractivity (Wildman–Crippen MR) is 54.0 cm³/mol. The minimum absolute atomic E-state index is 0. The lowest BCUT2D eigenvalue weighted by molar-refractivity contribution is 0.289. The van der Waals surface area contributed by atoms with Crippen molar-refractivity contribution in [2.24, 2.45) is 5.92 Å². The van der Waals surface area contributed by atoms with Gasteiger partial charge in [0.2, 0.25) is 0 Å². The van der Waals surface area contributed by atoms with Crippen LogP contribution in [0.25, 0.3) is 0 Å². The second-order valence-corrected chi connectivity index (χ2v) is 3.04. The molecule has 0 aromatic heterocycles. The molecule has 1 saturated carbocycles. The van der Waals surface area contributed by atoms with Crippen LogP contribution in [-0.2, 0) is 0 Å². The number of hydrogen-bond acceptors (Lipinski definition) is 1. The largest absolute Gasteiger partial charge is 0.320 e. The van der Waals surface area contributed by atoms with Gasteiger partial charge < -0.3 is 5.32 Å². The molecule has 0 spiro atoms. The lowest BCUT2D eigenvalue weighted by Gasteiger charge is -2.24. The first kappa shape index (κ1) is 11.0. The van der Waals surface area contributed by atoms with Crippen molar-refractivity contribution >= 4 is 0 Å². The molecule has 1 N–H and O–H groups in total. The standard InChI is InChI=1S/C8H17N.C2H6.H2/c1-9-7-3-6-8-4-2-5-8;1-2;/h8-9H,2-7H2,1H3;1-2H3;1H. The van der Waals surface area contributed by atoms with Crippen LogP contribution in [0.1, 0.15) is 47.4 Å². The number of rotatable bonds is 4. The Balaban J connectivity index is 0. The highest BCUT2D eigenvalue weighted by Gasteiger charge is 2.15. The van der Waals surface area contributed by atoms with Crippen molar-refractivity contribution in [2.45, 2.75) is 46.0 Å². The fourth-order valence-corrected chi connectivity index (χ4v) is 1.35. The second-order valence-electron chi connectivity index (χ2n) is 3.04. The third-order valence-corrected chi connectivity index (χ3v) is 2.26. The fourth-order valence-electron chi connectivity index (χ4n) is 1.35. The van der Waals surface area contributed by atoms with Crippen LogP contribution in [0.3, 0.4) is 0 Å². The lowest BCUT2D eigenvalue weighted by atomic mass is 9.82. The van der Waals surface area contributed by atoms with Crippen molar-refractivity contribution in [3.63, 3.8) is 0 Å². The third-order valence-electron chi connectivity index (χ3n) is 2.26. The van der Waals surface area contributed by atoms with E-state index in [1.54, 1.807) is 0 Å². The summed E-state index contributed by atoms with van der Waals surface area (Å²) >= 11 is 0. The Hall–Kier alpha value is -0.0400. The highest BCUT2D eigenvalue weighted by molar-refractivity contribution is 4.69. The lowest BCUT2D eigenvalue weighted by Crippen LogP contribution is -2.14. The molecule has 0 bridgehead atoms. The molecule has 1 aliphatic rings. The van der Waals surface area contributed by atoms with E-state index in [0.29, 0.717) is 0 Å². The first-order chi connectivity index (χ1) is 5.43. The van der Waals surface area contributed by atoms with E-state index in [-0.39, 0.29) is 1.43 Å². The van der Waals surface area contributed by atoms with Crippen LogP contribution < -0.4 is 5.32 Å². The summed E-state index contributed by atoms with van der Waals surface area (Å²) < 4.78 is 0. The summed E-state index contributed by atoms with van der Waals surface area (Å²) in [7, 11) is 2.03. The predicted octanol–water partition coefficient (Wildman–Crippen LogP) is 3.06. The quantitative estimate of drug-likeness (QED) is 0.622. The smallest absolute Gasteiger partial charge is 0 e. The molecule has 1 fully saturated rings. The Bertz CT molecular complexity index is 72.2. The van der Waals surface area contributed by atoms with Crippen molar-refractivity contribution < 1.29 is 1.43 Å². The van der Waals surface area contributed by atoms with Crippen molar-refractivity contribution in [1.82, 2.24) is 5.32 Å².